The molecule has 0 spiro atoms. The number of benzene rings is 1. The van der Waals surface area contributed by atoms with Crippen LogP contribution in [0.5, 0.6) is 0 Å². The Balaban J connectivity index is 2.44. The standard InChI is InChI=1S/C16H25NO3/c1-12(11-16(2,3)20-4)17-15(19)10-14(18)13-8-6-5-7-9-13/h5-9,12,14,18H,10-11H2,1-4H3,(H,17,19). The highest BCUT2D eigenvalue weighted by Gasteiger charge is 2.22. The Kier molecular flexibility index (Phi) is 6.17. The zero-order valence-corrected chi connectivity index (χ0v) is 12.7. The summed E-state index contributed by atoms with van der Waals surface area (Å²) in [7, 11) is 1.66. The molecule has 0 aliphatic heterocycles. The molecule has 112 valence electrons. The summed E-state index contributed by atoms with van der Waals surface area (Å²) in [4.78, 5) is 11.9. The number of rotatable bonds is 7. The zero-order valence-electron chi connectivity index (χ0n) is 12.7. The molecule has 1 aromatic rings. The average molecular weight is 279 g/mol. The fourth-order valence-corrected chi connectivity index (χ4v) is 2.17. The van der Waals surface area contributed by atoms with Gasteiger partial charge in [-0.1, -0.05) is 30.3 Å². The number of carbonyl (C=O) groups excluding carboxylic acids is 1. The van der Waals surface area contributed by atoms with Crippen LogP contribution < -0.4 is 5.32 Å². The van der Waals surface area contributed by atoms with Crippen molar-refractivity contribution in [3.05, 3.63) is 35.9 Å². The molecule has 20 heavy (non-hydrogen) atoms. The molecule has 4 heteroatoms. The minimum Gasteiger partial charge on any atom is -0.388 e. The number of carbonyl (C=O) groups is 1. The number of nitrogens with one attached hydrogen (secondary N) is 1. The van der Waals surface area contributed by atoms with E-state index >= 15 is 0 Å². The Morgan fingerprint density at radius 1 is 1.35 bits per heavy atom. The quantitative estimate of drug-likeness (QED) is 0.806. The first-order valence-electron chi connectivity index (χ1n) is 6.91. The first-order chi connectivity index (χ1) is 9.34. The van der Waals surface area contributed by atoms with E-state index in [9.17, 15) is 9.90 Å². The van der Waals surface area contributed by atoms with Gasteiger partial charge in [0.15, 0.2) is 0 Å². The number of aliphatic hydroxyl groups is 1. The zero-order chi connectivity index (χ0) is 15.2. The fourth-order valence-electron chi connectivity index (χ4n) is 2.17. The Morgan fingerprint density at radius 2 is 1.95 bits per heavy atom. The van der Waals surface area contributed by atoms with Crippen molar-refractivity contribution >= 4 is 5.91 Å². The maximum absolute atomic E-state index is 11.9. The van der Waals surface area contributed by atoms with Gasteiger partial charge in [-0.2, -0.15) is 0 Å². The van der Waals surface area contributed by atoms with Crippen LogP contribution in [0.15, 0.2) is 30.3 Å². The van der Waals surface area contributed by atoms with Gasteiger partial charge >= 0.3 is 0 Å². The molecule has 1 rings (SSSR count). The predicted molar refractivity (Wildman–Crippen MR) is 79.3 cm³/mol. The molecular weight excluding hydrogens is 254 g/mol. The molecule has 0 saturated carbocycles. The second kappa shape index (κ2) is 7.41. The summed E-state index contributed by atoms with van der Waals surface area (Å²) in [5.41, 5.74) is 0.484. The molecule has 0 aromatic heterocycles. The van der Waals surface area contributed by atoms with Crippen molar-refractivity contribution in [2.75, 3.05) is 7.11 Å². The van der Waals surface area contributed by atoms with Gasteiger partial charge in [-0.25, -0.2) is 0 Å². The number of aliphatic hydroxyl groups excluding tert-OH is 1. The third-order valence-electron chi connectivity index (χ3n) is 3.32. The summed E-state index contributed by atoms with van der Waals surface area (Å²) < 4.78 is 5.34. The minimum atomic E-state index is -0.765. The highest BCUT2D eigenvalue weighted by atomic mass is 16.5. The molecule has 2 unspecified atom stereocenters. The molecule has 2 N–H and O–H groups in total. The largest absolute Gasteiger partial charge is 0.388 e. The summed E-state index contributed by atoms with van der Waals surface area (Å²) >= 11 is 0. The van der Waals surface area contributed by atoms with Crippen molar-refractivity contribution in [1.29, 1.82) is 0 Å². The van der Waals surface area contributed by atoms with Crippen LogP contribution in [0.3, 0.4) is 0 Å². The van der Waals surface area contributed by atoms with Crippen molar-refractivity contribution in [2.24, 2.45) is 0 Å². The third kappa shape index (κ3) is 5.72. The van der Waals surface area contributed by atoms with Gasteiger partial charge in [-0.05, 0) is 32.8 Å². The van der Waals surface area contributed by atoms with Crippen LogP contribution in [0.4, 0.5) is 0 Å². The Labute approximate surface area is 121 Å². The molecule has 1 amide bonds. The van der Waals surface area contributed by atoms with Gasteiger partial charge < -0.3 is 15.2 Å². The summed E-state index contributed by atoms with van der Waals surface area (Å²) in [6, 6.07) is 9.21. The van der Waals surface area contributed by atoms with E-state index in [-0.39, 0.29) is 24.0 Å². The molecule has 0 aliphatic carbocycles. The molecule has 0 saturated heterocycles. The molecule has 0 radical (unpaired) electrons. The summed E-state index contributed by atoms with van der Waals surface area (Å²) in [6.07, 6.45) is 0.0251. The van der Waals surface area contributed by atoms with Crippen LogP contribution in [0, 0.1) is 0 Å². The monoisotopic (exact) mass is 279 g/mol. The smallest absolute Gasteiger partial charge is 0.223 e. The summed E-state index contributed by atoms with van der Waals surface area (Å²) in [5, 5.41) is 12.9. The molecule has 0 heterocycles. The highest BCUT2D eigenvalue weighted by Crippen LogP contribution is 2.17. The third-order valence-corrected chi connectivity index (χ3v) is 3.32. The lowest BCUT2D eigenvalue weighted by molar-refractivity contribution is -0.124. The lowest BCUT2D eigenvalue weighted by Crippen LogP contribution is -2.39. The van der Waals surface area contributed by atoms with E-state index in [0.29, 0.717) is 0 Å². The SMILES string of the molecule is COC(C)(C)CC(C)NC(=O)CC(O)c1ccccc1. The van der Waals surface area contributed by atoms with Gasteiger partial charge in [0.05, 0.1) is 18.1 Å². The Morgan fingerprint density at radius 3 is 2.50 bits per heavy atom. The Bertz CT molecular complexity index is 417. The highest BCUT2D eigenvalue weighted by molar-refractivity contribution is 5.76. The minimum absolute atomic E-state index is 0.000392. The van der Waals surface area contributed by atoms with E-state index < -0.39 is 6.10 Å². The number of hydrogen-bond donors (Lipinski definition) is 2. The topological polar surface area (TPSA) is 58.6 Å². The van der Waals surface area contributed by atoms with Crippen LogP contribution in [-0.4, -0.2) is 29.8 Å². The van der Waals surface area contributed by atoms with Crippen LogP contribution in [0.2, 0.25) is 0 Å². The molecule has 4 nitrogen and oxygen atoms in total. The molecule has 0 bridgehead atoms. The van der Waals surface area contributed by atoms with Gasteiger partial charge in [-0.15, -0.1) is 0 Å². The fraction of sp³-hybridized carbons (Fsp3) is 0.562. The second-order valence-corrected chi connectivity index (χ2v) is 5.77. The van der Waals surface area contributed by atoms with Gasteiger partial charge in [0.2, 0.25) is 5.91 Å². The molecule has 0 fully saturated rings. The molecular formula is C16H25NO3. The maximum Gasteiger partial charge on any atom is 0.223 e. The van der Waals surface area contributed by atoms with Gasteiger partial charge in [0, 0.05) is 13.2 Å². The van der Waals surface area contributed by atoms with E-state index in [2.05, 4.69) is 5.32 Å². The number of ether oxygens (including phenoxy) is 1. The van der Waals surface area contributed by atoms with Crippen LogP contribution in [0.1, 0.15) is 45.3 Å². The predicted octanol–water partition coefficient (Wildman–Crippen LogP) is 2.43. The number of hydrogen-bond acceptors (Lipinski definition) is 3. The maximum atomic E-state index is 11.9. The normalized spacial score (nSPS) is 14.7. The molecule has 0 aliphatic rings. The van der Waals surface area contributed by atoms with Gasteiger partial charge in [0.25, 0.3) is 0 Å². The lowest BCUT2D eigenvalue weighted by Gasteiger charge is -2.27. The number of methoxy groups -OCH3 is 1. The van der Waals surface area contributed by atoms with E-state index in [1.807, 2.05) is 51.1 Å². The summed E-state index contributed by atoms with van der Waals surface area (Å²) in [6.45, 7) is 5.90. The van der Waals surface area contributed by atoms with Crippen molar-refractivity contribution in [1.82, 2.24) is 5.32 Å². The van der Waals surface area contributed by atoms with Crippen molar-refractivity contribution in [2.45, 2.75) is 51.4 Å². The Hall–Kier alpha value is -1.39. The first-order valence-corrected chi connectivity index (χ1v) is 6.91. The van der Waals surface area contributed by atoms with Crippen LogP contribution >= 0.6 is 0 Å². The first kappa shape index (κ1) is 16.7. The average Bonchev–Trinajstić information content (AvgIpc) is 2.38. The van der Waals surface area contributed by atoms with Crippen molar-refractivity contribution in [3.8, 4) is 0 Å². The van der Waals surface area contributed by atoms with Crippen LogP contribution in [-0.2, 0) is 9.53 Å². The van der Waals surface area contributed by atoms with Crippen molar-refractivity contribution < 1.29 is 14.6 Å². The van der Waals surface area contributed by atoms with Gasteiger partial charge in [-0.3, -0.25) is 4.79 Å². The van der Waals surface area contributed by atoms with E-state index in [0.717, 1.165) is 12.0 Å². The number of amides is 1. The van der Waals surface area contributed by atoms with Crippen molar-refractivity contribution in [3.63, 3.8) is 0 Å². The van der Waals surface area contributed by atoms with E-state index in [4.69, 9.17) is 4.74 Å². The lowest BCUT2D eigenvalue weighted by atomic mass is 9.99. The van der Waals surface area contributed by atoms with Crippen LogP contribution in [0.25, 0.3) is 0 Å². The van der Waals surface area contributed by atoms with Gasteiger partial charge in [0.1, 0.15) is 0 Å². The molecule has 1 aromatic carbocycles. The van der Waals surface area contributed by atoms with E-state index in [1.54, 1.807) is 7.11 Å². The summed E-state index contributed by atoms with van der Waals surface area (Å²) in [5.74, 6) is -0.152. The second-order valence-electron chi connectivity index (χ2n) is 5.77. The molecule has 2 atom stereocenters. The van der Waals surface area contributed by atoms with E-state index in [1.165, 1.54) is 0 Å².